The second kappa shape index (κ2) is 5.35. The summed E-state index contributed by atoms with van der Waals surface area (Å²) in [6.07, 6.45) is 0. The van der Waals surface area contributed by atoms with Crippen LogP contribution in [0.2, 0.25) is 0 Å². The molecule has 3 aromatic carbocycles. The van der Waals surface area contributed by atoms with Crippen LogP contribution >= 0.6 is 12.2 Å². The van der Waals surface area contributed by atoms with Crippen LogP contribution in [0.5, 0.6) is 5.75 Å². The Bertz CT molecular complexity index is 972. The first kappa shape index (κ1) is 14.7. The molecular formula is C18H14FN3OS. The molecule has 6 heteroatoms. The first-order valence-corrected chi connectivity index (χ1v) is 7.82. The summed E-state index contributed by atoms with van der Waals surface area (Å²) in [4.78, 5) is 1.91. The second-order valence-electron chi connectivity index (χ2n) is 5.70. The molecule has 4 nitrogen and oxygen atoms in total. The van der Waals surface area contributed by atoms with Crippen LogP contribution in [-0.2, 0) is 6.54 Å². The zero-order chi connectivity index (χ0) is 16.8. The SMILES string of the molecule is Nc1cc(O)c2c3c(cccc13)N(Cc1ccc(F)cc1)C(=S)N2. The Kier molecular flexibility index (Phi) is 3.28. The van der Waals surface area contributed by atoms with E-state index in [1.54, 1.807) is 12.1 Å². The molecule has 0 fully saturated rings. The smallest absolute Gasteiger partial charge is 0.178 e. The van der Waals surface area contributed by atoms with Gasteiger partial charge in [0.25, 0.3) is 0 Å². The van der Waals surface area contributed by atoms with Crippen molar-refractivity contribution in [2.75, 3.05) is 16.0 Å². The number of anilines is 3. The number of phenols is 1. The predicted molar refractivity (Wildman–Crippen MR) is 98.8 cm³/mol. The van der Waals surface area contributed by atoms with Gasteiger partial charge in [0, 0.05) is 22.5 Å². The van der Waals surface area contributed by atoms with Gasteiger partial charge >= 0.3 is 0 Å². The van der Waals surface area contributed by atoms with Gasteiger partial charge in [-0.25, -0.2) is 4.39 Å². The van der Waals surface area contributed by atoms with E-state index in [0.29, 0.717) is 23.0 Å². The van der Waals surface area contributed by atoms with E-state index in [9.17, 15) is 9.50 Å². The van der Waals surface area contributed by atoms with Gasteiger partial charge in [0.2, 0.25) is 0 Å². The lowest BCUT2D eigenvalue weighted by atomic mass is 10.0. The minimum Gasteiger partial charge on any atom is -0.506 e. The maximum atomic E-state index is 13.1. The third-order valence-electron chi connectivity index (χ3n) is 4.17. The van der Waals surface area contributed by atoms with E-state index in [1.165, 1.54) is 18.2 Å². The number of nitrogen functional groups attached to an aromatic ring is 1. The molecular weight excluding hydrogens is 325 g/mol. The van der Waals surface area contributed by atoms with Gasteiger partial charge in [0.15, 0.2) is 5.11 Å². The quantitative estimate of drug-likeness (QED) is 0.374. The first-order valence-electron chi connectivity index (χ1n) is 7.42. The van der Waals surface area contributed by atoms with Gasteiger partial charge in [-0.05, 0) is 36.0 Å². The number of thiocarbonyl (C=S) groups is 1. The minimum absolute atomic E-state index is 0.0660. The highest BCUT2D eigenvalue weighted by Crippen LogP contribution is 2.44. The molecule has 4 rings (SSSR count). The lowest BCUT2D eigenvalue weighted by Crippen LogP contribution is -2.37. The molecule has 0 aromatic heterocycles. The average Bonchev–Trinajstić information content (AvgIpc) is 2.57. The number of halogens is 1. The van der Waals surface area contributed by atoms with Crippen molar-refractivity contribution in [3.8, 4) is 5.75 Å². The van der Waals surface area contributed by atoms with Gasteiger partial charge in [-0.15, -0.1) is 0 Å². The number of nitrogens with two attached hydrogens (primary N) is 1. The molecule has 0 spiro atoms. The van der Waals surface area contributed by atoms with Crippen LogP contribution in [-0.4, -0.2) is 10.2 Å². The normalized spacial score (nSPS) is 13.2. The first-order chi connectivity index (χ1) is 11.5. The van der Waals surface area contributed by atoms with Gasteiger partial charge in [-0.1, -0.05) is 24.3 Å². The molecule has 24 heavy (non-hydrogen) atoms. The van der Waals surface area contributed by atoms with E-state index in [4.69, 9.17) is 18.0 Å². The van der Waals surface area contributed by atoms with E-state index >= 15 is 0 Å². The molecule has 1 aliphatic rings. The molecule has 0 bridgehead atoms. The Morgan fingerprint density at radius 3 is 2.67 bits per heavy atom. The number of nitrogens with zero attached hydrogens (tertiary/aromatic N) is 1. The lowest BCUT2D eigenvalue weighted by Gasteiger charge is -2.33. The molecule has 120 valence electrons. The maximum Gasteiger partial charge on any atom is 0.178 e. The summed E-state index contributed by atoms with van der Waals surface area (Å²) >= 11 is 5.46. The largest absolute Gasteiger partial charge is 0.506 e. The molecule has 4 N–H and O–H groups in total. The minimum atomic E-state index is -0.275. The highest BCUT2D eigenvalue weighted by atomic mass is 32.1. The monoisotopic (exact) mass is 339 g/mol. The third-order valence-corrected chi connectivity index (χ3v) is 4.50. The fourth-order valence-electron chi connectivity index (χ4n) is 3.03. The van der Waals surface area contributed by atoms with Gasteiger partial charge in [-0.2, -0.15) is 0 Å². The van der Waals surface area contributed by atoms with Crippen LogP contribution in [0.4, 0.5) is 21.5 Å². The number of phenolic OH excluding ortho intramolecular Hbond substituents is 1. The summed E-state index contributed by atoms with van der Waals surface area (Å²) in [6, 6.07) is 13.6. The summed E-state index contributed by atoms with van der Waals surface area (Å²) in [6.45, 7) is 0.486. The van der Waals surface area contributed by atoms with Gasteiger partial charge < -0.3 is 21.1 Å². The highest BCUT2D eigenvalue weighted by Gasteiger charge is 2.25. The molecule has 0 saturated carbocycles. The Morgan fingerprint density at radius 1 is 1.17 bits per heavy atom. The third kappa shape index (κ3) is 2.23. The van der Waals surface area contributed by atoms with Crippen molar-refractivity contribution in [1.29, 1.82) is 0 Å². The average molecular weight is 339 g/mol. The van der Waals surface area contributed by atoms with Crippen LogP contribution in [0.1, 0.15) is 5.56 Å². The van der Waals surface area contributed by atoms with Crippen molar-refractivity contribution in [2.45, 2.75) is 6.54 Å². The summed E-state index contributed by atoms with van der Waals surface area (Å²) in [5.74, 6) is -0.209. The van der Waals surface area contributed by atoms with E-state index in [2.05, 4.69) is 5.32 Å². The van der Waals surface area contributed by atoms with Crippen LogP contribution in [0.15, 0.2) is 48.5 Å². The topological polar surface area (TPSA) is 61.5 Å². The van der Waals surface area contributed by atoms with Crippen molar-refractivity contribution in [3.63, 3.8) is 0 Å². The van der Waals surface area contributed by atoms with Crippen LogP contribution in [0.25, 0.3) is 10.8 Å². The molecule has 3 aromatic rings. The Hall–Kier alpha value is -2.86. The number of nitrogens with one attached hydrogen (secondary N) is 1. The fourth-order valence-corrected chi connectivity index (χ4v) is 3.30. The van der Waals surface area contributed by atoms with Crippen molar-refractivity contribution in [2.24, 2.45) is 0 Å². The molecule has 1 heterocycles. The van der Waals surface area contributed by atoms with E-state index in [1.807, 2.05) is 23.1 Å². The standard InChI is InChI=1S/C18H14FN3OS/c19-11-6-4-10(5-7-11)9-22-14-3-1-2-12-13(20)8-15(23)17(16(12)14)21-18(22)24/h1-8,23H,9,20H2,(H,21,24). The number of rotatable bonds is 2. The number of aromatic hydroxyl groups is 1. The molecule has 0 saturated heterocycles. The molecule has 1 aliphatic heterocycles. The lowest BCUT2D eigenvalue weighted by molar-refractivity contribution is 0.479. The molecule has 0 aliphatic carbocycles. The molecule has 0 atom stereocenters. The molecule has 0 unspecified atom stereocenters. The van der Waals surface area contributed by atoms with Crippen molar-refractivity contribution < 1.29 is 9.50 Å². The number of hydrogen-bond donors (Lipinski definition) is 3. The van der Waals surface area contributed by atoms with Crippen molar-refractivity contribution >= 4 is 45.2 Å². The Balaban J connectivity index is 1.88. The molecule has 0 amide bonds. The van der Waals surface area contributed by atoms with E-state index < -0.39 is 0 Å². The van der Waals surface area contributed by atoms with Gasteiger partial charge in [-0.3, -0.25) is 0 Å². The highest BCUT2D eigenvalue weighted by molar-refractivity contribution is 7.80. The van der Waals surface area contributed by atoms with E-state index in [0.717, 1.165) is 22.0 Å². The summed E-state index contributed by atoms with van der Waals surface area (Å²) in [5.41, 5.74) is 8.90. The van der Waals surface area contributed by atoms with E-state index in [-0.39, 0.29) is 11.6 Å². The predicted octanol–water partition coefficient (Wildman–Crippen LogP) is 3.98. The van der Waals surface area contributed by atoms with Gasteiger partial charge in [0.05, 0.1) is 17.9 Å². The zero-order valence-electron chi connectivity index (χ0n) is 12.6. The summed E-state index contributed by atoms with van der Waals surface area (Å²) in [7, 11) is 0. The molecule has 0 radical (unpaired) electrons. The van der Waals surface area contributed by atoms with Crippen molar-refractivity contribution in [1.82, 2.24) is 0 Å². The zero-order valence-corrected chi connectivity index (χ0v) is 13.4. The Labute approximate surface area is 143 Å². The van der Waals surface area contributed by atoms with Crippen LogP contribution in [0, 0.1) is 5.82 Å². The summed E-state index contributed by atoms with van der Waals surface area (Å²) < 4.78 is 13.1. The van der Waals surface area contributed by atoms with Gasteiger partial charge in [0.1, 0.15) is 11.6 Å². The van der Waals surface area contributed by atoms with Crippen LogP contribution < -0.4 is 16.0 Å². The summed E-state index contributed by atoms with van der Waals surface area (Å²) in [5, 5.41) is 15.4. The second-order valence-corrected chi connectivity index (χ2v) is 6.09. The Morgan fingerprint density at radius 2 is 1.92 bits per heavy atom. The maximum absolute atomic E-state index is 13.1. The number of benzene rings is 3. The fraction of sp³-hybridized carbons (Fsp3) is 0.0556. The number of hydrogen-bond acceptors (Lipinski definition) is 3. The van der Waals surface area contributed by atoms with Crippen molar-refractivity contribution in [3.05, 3.63) is 59.9 Å². The van der Waals surface area contributed by atoms with Crippen LogP contribution in [0.3, 0.4) is 0 Å².